The number of hydrogen-bond donors (Lipinski definition) is 0. The molecule has 0 saturated heterocycles. The van der Waals surface area contributed by atoms with Gasteiger partial charge >= 0.3 is 0 Å². The van der Waals surface area contributed by atoms with E-state index in [4.69, 9.17) is 0 Å². The van der Waals surface area contributed by atoms with Gasteiger partial charge in [0, 0.05) is 6.42 Å². The van der Waals surface area contributed by atoms with Crippen molar-refractivity contribution >= 4 is 5.78 Å². The van der Waals surface area contributed by atoms with Crippen molar-refractivity contribution in [2.45, 2.75) is 18.3 Å². The van der Waals surface area contributed by atoms with Crippen LogP contribution >= 0.6 is 0 Å². The Labute approximate surface area is 155 Å². The Morgan fingerprint density at radius 2 is 1.08 bits per heavy atom. The first kappa shape index (κ1) is 16.5. The molecule has 128 valence electrons. The minimum atomic E-state index is -0.305. The van der Waals surface area contributed by atoms with Gasteiger partial charge in [0.15, 0.2) is 5.78 Å². The summed E-state index contributed by atoms with van der Waals surface area (Å²) in [7, 11) is 0. The molecule has 0 fully saturated rings. The van der Waals surface area contributed by atoms with Crippen LogP contribution in [-0.2, 0) is 10.2 Å². The van der Waals surface area contributed by atoms with Crippen LogP contribution in [0.15, 0.2) is 103 Å². The summed E-state index contributed by atoms with van der Waals surface area (Å²) in [6.07, 6.45) is 5.36. The molecular formula is C25H22O. The van der Waals surface area contributed by atoms with Gasteiger partial charge in [-0.1, -0.05) is 97.1 Å². The van der Waals surface area contributed by atoms with Crippen LogP contribution in [0.1, 0.15) is 29.5 Å². The minimum Gasteiger partial charge on any atom is -0.295 e. The average Bonchev–Trinajstić information content (AvgIpc) is 2.72. The number of hydrogen-bond acceptors (Lipinski definition) is 1. The fourth-order valence-electron chi connectivity index (χ4n) is 4.31. The number of allylic oxidation sites excluding steroid dienone is 2. The molecule has 3 aromatic rings. The lowest BCUT2D eigenvalue weighted by molar-refractivity contribution is -0.115. The van der Waals surface area contributed by atoms with Gasteiger partial charge in [0.05, 0.1) is 5.41 Å². The van der Waals surface area contributed by atoms with Crippen LogP contribution in [0, 0.1) is 5.92 Å². The maximum atomic E-state index is 11.9. The lowest BCUT2D eigenvalue weighted by Crippen LogP contribution is -2.38. The highest BCUT2D eigenvalue weighted by molar-refractivity contribution is 5.90. The Balaban J connectivity index is 2.04. The van der Waals surface area contributed by atoms with Crippen molar-refractivity contribution in [1.82, 2.24) is 0 Å². The summed E-state index contributed by atoms with van der Waals surface area (Å²) in [6.45, 7) is 0. The Morgan fingerprint density at radius 1 is 0.654 bits per heavy atom. The number of benzene rings is 3. The van der Waals surface area contributed by atoms with E-state index in [2.05, 4.69) is 97.1 Å². The van der Waals surface area contributed by atoms with E-state index >= 15 is 0 Å². The van der Waals surface area contributed by atoms with Crippen molar-refractivity contribution in [2.75, 3.05) is 0 Å². The third-order valence-corrected chi connectivity index (χ3v) is 5.46. The van der Waals surface area contributed by atoms with Crippen molar-refractivity contribution in [3.05, 3.63) is 120 Å². The Kier molecular flexibility index (Phi) is 4.53. The molecule has 1 nitrogen and oxygen atoms in total. The van der Waals surface area contributed by atoms with E-state index in [-0.39, 0.29) is 17.1 Å². The molecule has 1 aliphatic rings. The first-order valence-electron chi connectivity index (χ1n) is 9.19. The third-order valence-electron chi connectivity index (χ3n) is 5.46. The molecule has 1 heteroatoms. The smallest absolute Gasteiger partial charge is 0.155 e. The molecule has 0 spiro atoms. The van der Waals surface area contributed by atoms with Gasteiger partial charge in [-0.2, -0.15) is 0 Å². The summed E-state index contributed by atoms with van der Waals surface area (Å²) in [6, 6.07) is 32.1. The van der Waals surface area contributed by atoms with Gasteiger partial charge in [-0.3, -0.25) is 4.79 Å². The van der Waals surface area contributed by atoms with Gasteiger partial charge in [0.2, 0.25) is 0 Å². The number of carbonyl (C=O) groups excluding carboxylic acids is 1. The van der Waals surface area contributed by atoms with Gasteiger partial charge in [-0.05, 0) is 35.1 Å². The van der Waals surface area contributed by atoms with Crippen molar-refractivity contribution < 1.29 is 4.79 Å². The van der Waals surface area contributed by atoms with Crippen molar-refractivity contribution in [2.24, 2.45) is 5.92 Å². The van der Waals surface area contributed by atoms with Gasteiger partial charge in [-0.15, -0.1) is 0 Å². The van der Waals surface area contributed by atoms with E-state index in [1.807, 2.05) is 0 Å². The molecule has 0 saturated carbocycles. The van der Waals surface area contributed by atoms with Crippen LogP contribution in [0.5, 0.6) is 0 Å². The third kappa shape index (κ3) is 2.80. The first-order chi connectivity index (χ1) is 12.8. The number of carbonyl (C=O) groups is 1. The molecule has 26 heavy (non-hydrogen) atoms. The van der Waals surface area contributed by atoms with Crippen LogP contribution in [0.25, 0.3) is 0 Å². The second-order valence-electron chi connectivity index (χ2n) is 6.88. The van der Waals surface area contributed by atoms with Gasteiger partial charge in [-0.25, -0.2) is 0 Å². The lowest BCUT2D eigenvalue weighted by atomic mass is 9.60. The molecular weight excluding hydrogens is 316 g/mol. The SMILES string of the molecule is O=C1C=C[C@H](C(c2ccccc2)(c2ccccc2)c2ccccc2)CC1. The standard InChI is InChI=1S/C25H22O/c26-24-18-16-23(17-19-24)25(20-10-4-1-5-11-20,21-12-6-2-7-13-21)22-14-8-3-9-15-22/h1-16,18,23H,17,19H2/t23-/m0/s1. The minimum absolute atomic E-state index is 0.226. The molecule has 3 aromatic carbocycles. The van der Waals surface area contributed by atoms with E-state index < -0.39 is 0 Å². The van der Waals surface area contributed by atoms with Crippen LogP contribution in [0.4, 0.5) is 0 Å². The van der Waals surface area contributed by atoms with E-state index in [0.29, 0.717) is 6.42 Å². The summed E-state index contributed by atoms with van der Waals surface area (Å²) in [4.78, 5) is 11.9. The maximum Gasteiger partial charge on any atom is 0.155 e. The van der Waals surface area contributed by atoms with Crippen LogP contribution in [0.2, 0.25) is 0 Å². The first-order valence-corrected chi connectivity index (χ1v) is 9.19. The van der Waals surface area contributed by atoms with E-state index in [1.54, 1.807) is 6.08 Å². The summed E-state index contributed by atoms with van der Waals surface area (Å²) in [5.41, 5.74) is 3.49. The highest BCUT2D eigenvalue weighted by atomic mass is 16.1. The molecule has 0 heterocycles. The van der Waals surface area contributed by atoms with E-state index in [9.17, 15) is 4.79 Å². The molecule has 0 bridgehead atoms. The summed E-state index contributed by atoms with van der Waals surface area (Å²) >= 11 is 0. The Hall–Kier alpha value is -2.93. The van der Waals surface area contributed by atoms with E-state index in [1.165, 1.54) is 16.7 Å². The molecule has 0 unspecified atom stereocenters. The Bertz CT molecular complexity index is 798. The largest absolute Gasteiger partial charge is 0.295 e. The van der Waals surface area contributed by atoms with Crippen LogP contribution in [-0.4, -0.2) is 5.78 Å². The molecule has 0 aliphatic heterocycles. The second-order valence-corrected chi connectivity index (χ2v) is 6.88. The number of rotatable bonds is 4. The van der Waals surface area contributed by atoms with Crippen LogP contribution in [0.3, 0.4) is 0 Å². The fourth-order valence-corrected chi connectivity index (χ4v) is 4.31. The topological polar surface area (TPSA) is 17.1 Å². The zero-order valence-electron chi connectivity index (χ0n) is 14.7. The molecule has 4 rings (SSSR count). The molecule has 0 N–H and O–H groups in total. The predicted molar refractivity (Wildman–Crippen MR) is 106 cm³/mol. The zero-order valence-corrected chi connectivity index (χ0v) is 14.7. The maximum absolute atomic E-state index is 11.9. The van der Waals surface area contributed by atoms with Gasteiger partial charge in [0.25, 0.3) is 0 Å². The monoisotopic (exact) mass is 338 g/mol. The molecule has 0 aromatic heterocycles. The number of ketones is 1. The fraction of sp³-hybridized carbons (Fsp3) is 0.160. The lowest BCUT2D eigenvalue weighted by Gasteiger charge is -2.42. The van der Waals surface area contributed by atoms with Gasteiger partial charge in [0.1, 0.15) is 0 Å². The van der Waals surface area contributed by atoms with Crippen molar-refractivity contribution in [3.63, 3.8) is 0 Å². The van der Waals surface area contributed by atoms with Crippen LogP contribution < -0.4 is 0 Å². The summed E-state index contributed by atoms with van der Waals surface area (Å²) in [5.74, 6) is 0.455. The molecule has 0 radical (unpaired) electrons. The summed E-state index contributed by atoms with van der Waals surface area (Å²) in [5, 5.41) is 0. The van der Waals surface area contributed by atoms with Crippen molar-refractivity contribution in [3.8, 4) is 0 Å². The quantitative estimate of drug-likeness (QED) is 0.570. The van der Waals surface area contributed by atoms with Crippen molar-refractivity contribution in [1.29, 1.82) is 0 Å². The predicted octanol–water partition coefficient (Wildman–Crippen LogP) is 5.56. The molecule has 0 amide bonds. The average molecular weight is 338 g/mol. The molecule has 1 atom stereocenters. The highest BCUT2D eigenvalue weighted by Gasteiger charge is 2.43. The zero-order chi connectivity index (χ0) is 17.8. The van der Waals surface area contributed by atoms with E-state index in [0.717, 1.165) is 6.42 Å². The Morgan fingerprint density at radius 3 is 1.42 bits per heavy atom. The second kappa shape index (κ2) is 7.13. The normalized spacial score (nSPS) is 17.2. The summed E-state index contributed by atoms with van der Waals surface area (Å²) < 4.78 is 0. The molecule has 1 aliphatic carbocycles. The highest BCUT2D eigenvalue weighted by Crippen LogP contribution is 2.48. The van der Waals surface area contributed by atoms with Gasteiger partial charge < -0.3 is 0 Å².